The van der Waals surface area contributed by atoms with Crippen molar-refractivity contribution in [2.75, 3.05) is 0 Å². The van der Waals surface area contributed by atoms with Gasteiger partial charge in [-0.25, -0.2) is 0 Å². The second-order valence-electron chi connectivity index (χ2n) is 5.49. The highest BCUT2D eigenvalue weighted by atomic mass is 16.6. The molecule has 132 valence electrons. The van der Waals surface area contributed by atoms with Crippen LogP contribution in [0.3, 0.4) is 0 Å². The van der Waals surface area contributed by atoms with Gasteiger partial charge >= 0.3 is 5.69 Å². The minimum absolute atomic E-state index is 0.118. The number of aromatic nitrogens is 2. The Balaban J connectivity index is 1.95. The summed E-state index contributed by atoms with van der Waals surface area (Å²) in [7, 11) is 0. The van der Waals surface area contributed by atoms with Crippen LogP contribution in [0.25, 0.3) is 0 Å². The molecule has 2 aromatic rings. The number of hydrogen-bond donors (Lipinski definition) is 2. The molecule has 0 aliphatic heterocycles. The van der Waals surface area contributed by atoms with Crippen molar-refractivity contribution in [3.8, 4) is 0 Å². The van der Waals surface area contributed by atoms with E-state index in [-0.39, 0.29) is 23.6 Å². The Morgan fingerprint density at radius 2 is 1.84 bits per heavy atom. The third kappa shape index (κ3) is 4.19. The predicted octanol–water partition coefficient (Wildman–Crippen LogP) is 1.43. The van der Waals surface area contributed by atoms with Gasteiger partial charge in [0.15, 0.2) is 0 Å². The molecule has 0 unspecified atom stereocenters. The third-order valence-electron chi connectivity index (χ3n) is 3.76. The Labute approximate surface area is 144 Å². The summed E-state index contributed by atoms with van der Waals surface area (Å²) in [6.07, 6.45) is 0.868. The molecule has 0 atom stereocenters. The van der Waals surface area contributed by atoms with Gasteiger partial charge in [-0.3, -0.25) is 35.2 Å². The zero-order chi connectivity index (χ0) is 18.6. The monoisotopic (exact) mass is 345 g/mol. The van der Waals surface area contributed by atoms with E-state index in [1.165, 1.54) is 18.5 Å². The predicted molar refractivity (Wildman–Crippen MR) is 89.8 cm³/mol. The molecule has 1 aromatic carbocycles. The van der Waals surface area contributed by atoms with Gasteiger partial charge in [0.05, 0.1) is 4.92 Å². The molecule has 0 fully saturated rings. The summed E-state index contributed by atoms with van der Waals surface area (Å²) in [6.45, 7) is 4.79. The van der Waals surface area contributed by atoms with Crippen LogP contribution < -0.4 is 10.9 Å². The number of nitrogens with zero attached hydrogens (tertiary/aromatic N) is 3. The summed E-state index contributed by atoms with van der Waals surface area (Å²) in [5.74, 6) is -0.991. The number of rotatable bonds is 5. The zero-order valence-electron chi connectivity index (χ0n) is 14.2. The summed E-state index contributed by atoms with van der Waals surface area (Å²) >= 11 is 0. The lowest BCUT2D eigenvalue weighted by molar-refractivity contribution is -0.386. The van der Waals surface area contributed by atoms with Crippen molar-refractivity contribution < 1.29 is 14.5 Å². The van der Waals surface area contributed by atoms with Crippen molar-refractivity contribution in [1.29, 1.82) is 0 Å². The molecule has 25 heavy (non-hydrogen) atoms. The highest BCUT2D eigenvalue weighted by molar-refractivity contribution is 5.95. The second-order valence-corrected chi connectivity index (χ2v) is 5.49. The molecular weight excluding hydrogens is 326 g/mol. The van der Waals surface area contributed by atoms with E-state index in [1.807, 2.05) is 19.1 Å². The smallest absolute Gasteiger partial charge is 0.271 e. The molecular formula is C16H19N5O4. The number of hydrazine groups is 1. The molecule has 0 saturated heterocycles. The number of hydrogen-bond acceptors (Lipinski definition) is 5. The van der Waals surface area contributed by atoms with Gasteiger partial charge in [-0.1, -0.05) is 19.1 Å². The Bertz CT molecular complexity index is 811. The molecule has 0 saturated carbocycles. The maximum absolute atomic E-state index is 12.0. The van der Waals surface area contributed by atoms with E-state index < -0.39 is 16.7 Å². The van der Waals surface area contributed by atoms with Crippen molar-refractivity contribution in [3.63, 3.8) is 0 Å². The van der Waals surface area contributed by atoms with Crippen LogP contribution in [0.2, 0.25) is 0 Å². The number of carbonyl (C=O) groups is 2. The lowest BCUT2D eigenvalue weighted by Gasteiger charge is -2.08. The van der Waals surface area contributed by atoms with Crippen LogP contribution in [0, 0.1) is 24.0 Å². The molecule has 0 spiro atoms. The number of nitrogens with one attached hydrogen (secondary N) is 2. The fourth-order valence-corrected chi connectivity index (χ4v) is 2.37. The Hall–Kier alpha value is -3.23. The van der Waals surface area contributed by atoms with Crippen LogP contribution in [0.1, 0.15) is 34.2 Å². The summed E-state index contributed by atoms with van der Waals surface area (Å²) in [5.41, 5.74) is 6.49. The molecule has 1 aromatic heterocycles. The van der Waals surface area contributed by atoms with Crippen LogP contribution in [0.4, 0.5) is 5.69 Å². The van der Waals surface area contributed by atoms with Gasteiger partial charge in [0.1, 0.15) is 17.9 Å². The van der Waals surface area contributed by atoms with Crippen molar-refractivity contribution in [1.82, 2.24) is 20.6 Å². The Morgan fingerprint density at radius 3 is 2.36 bits per heavy atom. The van der Waals surface area contributed by atoms with Crippen LogP contribution in [0.15, 0.2) is 24.3 Å². The van der Waals surface area contributed by atoms with Gasteiger partial charge in [-0.2, -0.15) is 5.10 Å². The van der Waals surface area contributed by atoms with E-state index >= 15 is 0 Å². The Morgan fingerprint density at radius 1 is 1.20 bits per heavy atom. The molecule has 9 nitrogen and oxygen atoms in total. The lowest BCUT2D eigenvalue weighted by Crippen LogP contribution is -2.43. The van der Waals surface area contributed by atoms with E-state index in [0.717, 1.165) is 12.0 Å². The number of benzene rings is 1. The van der Waals surface area contributed by atoms with E-state index in [1.54, 1.807) is 12.1 Å². The average molecular weight is 345 g/mol. The van der Waals surface area contributed by atoms with Gasteiger partial charge in [0.25, 0.3) is 11.8 Å². The van der Waals surface area contributed by atoms with Gasteiger partial charge in [0.2, 0.25) is 0 Å². The summed E-state index contributed by atoms with van der Waals surface area (Å²) < 4.78 is 1.23. The SMILES string of the molecule is CCc1ccc(C(=O)NNC(=O)Cn2nc(C)c([N+](=O)[O-])c2C)cc1. The van der Waals surface area contributed by atoms with E-state index in [0.29, 0.717) is 5.56 Å². The van der Waals surface area contributed by atoms with E-state index in [4.69, 9.17) is 0 Å². The normalized spacial score (nSPS) is 10.4. The first kappa shape index (κ1) is 18.1. The maximum Gasteiger partial charge on any atom is 0.312 e. The lowest BCUT2D eigenvalue weighted by atomic mass is 10.1. The van der Waals surface area contributed by atoms with Gasteiger partial charge < -0.3 is 0 Å². The van der Waals surface area contributed by atoms with Crippen molar-refractivity contribution in [2.45, 2.75) is 33.7 Å². The number of aryl methyl sites for hydroxylation is 2. The minimum atomic E-state index is -0.543. The van der Waals surface area contributed by atoms with E-state index in [9.17, 15) is 19.7 Å². The molecule has 9 heteroatoms. The quantitative estimate of drug-likeness (QED) is 0.627. The van der Waals surface area contributed by atoms with Crippen LogP contribution >= 0.6 is 0 Å². The molecule has 0 radical (unpaired) electrons. The van der Waals surface area contributed by atoms with Gasteiger partial charge in [0, 0.05) is 5.56 Å². The molecule has 0 bridgehead atoms. The van der Waals surface area contributed by atoms with Crippen LogP contribution in [-0.4, -0.2) is 26.5 Å². The van der Waals surface area contributed by atoms with Gasteiger partial charge in [-0.05, 0) is 38.0 Å². The fraction of sp³-hybridized carbons (Fsp3) is 0.312. The molecule has 1 heterocycles. The topological polar surface area (TPSA) is 119 Å². The zero-order valence-corrected chi connectivity index (χ0v) is 14.2. The second kappa shape index (κ2) is 7.56. The molecule has 0 aliphatic carbocycles. The third-order valence-corrected chi connectivity index (χ3v) is 3.76. The first-order valence-electron chi connectivity index (χ1n) is 7.70. The summed E-state index contributed by atoms with van der Waals surface area (Å²) in [4.78, 5) is 34.3. The molecule has 2 rings (SSSR count). The molecule has 0 aliphatic rings. The van der Waals surface area contributed by atoms with Crippen molar-refractivity contribution in [3.05, 3.63) is 56.9 Å². The maximum atomic E-state index is 12.0. The van der Waals surface area contributed by atoms with Crippen LogP contribution in [-0.2, 0) is 17.8 Å². The Kier molecular flexibility index (Phi) is 5.48. The average Bonchev–Trinajstić information content (AvgIpc) is 2.86. The minimum Gasteiger partial charge on any atom is -0.271 e. The summed E-state index contributed by atoms with van der Waals surface area (Å²) in [6, 6.07) is 7.02. The standard InChI is InChI=1S/C16H19N5O4/c1-4-12-5-7-13(8-6-12)16(23)18-17-14(22)9-20-11(3)15(21(24)25)10(2)19-20/h5-8H,4,9H2,1-3H3,(H,17,22)(H,18,23). The first-order chi connectivity index (χ1) is 11.8. The number of carbonyl (C=O) groups excluding carboxylic acids is 2. The van der Waals surface area contributed by atoms with Crippen LogP contribution in [0.5, 0.6) is 0 Å². The summed E-state index contributed by atoms with van der Waals surface area (Å²) in [5, 5.41) is 14.9. The highest BCUT2D eigenvalue weighted by Crippen LogP contribution is 2.21. The largest absolute Gasteiger partial charge is 0.312 e. The molecule has 2 N–H and O–H groups in total. The van der Waals surface area contributed by atoms with Gasteiger partial charge in [-0.15, -0.1) is 0 Å². The van der Waals surface area contributed by atoms with Crippen molar-refractivity contribution in [2.24, 2.45) is 0 Å². The highest BCUT2D eigenvalue weighted by Gasteiger charge is 2.22. The van der Waals surface area contributed by atoms with E-state index in [2.05, 4.69) is 16.0 Å². The fourth-order valence-electron chi connectivity index (χ4n) is 2.37. The van der Waals surface area contributed by atoms with Crippen molar-refractivity contribution >= 4 is 17.5 Å². The molecule has 2 amide bonds. The number of nitro groups is 1. The number of amides is 2. The first-order valence-corrected chi connectivity index (χ1v) is 7.70.